The number of esters is 1. The van der Waals surface area contributed by atoms with Gasteiger partial charge in [0.05, 0.1) is 27.2 Å². The molecule has 4 rings (SSSR count). The summed E-state index contributed by atoms with van der Waals surface area (Å²) >= 11 is 17.6. The minimum atomic E-state index is -0.504. The molecule has 0 unspecified atom stereocenters. The Morgan fingerprint density at radius 1 is 1.33 bits per heavy atom. The highest BCUT2D eigenvalue weighted by atomic mass is 35.5. The fourth-order valence-electron chi connectivity index (χ4n) is 2.56. The van der Waals surface area contributed by atoms with E-state index in [9.17, 15) is 4.79 Å². The number of hydrogen-bond donors (Lipinski definition) is 0. The number of carbonyl (C=O) groups is 1. The normalized spacial score (nSPS) is 28.3. The van der Waals surface area contributed by atoms with E-state index >= 15 is 0 Å². The molecule has 2 bridgehead atoms. The second-order valence-electron chi connectivity index (χ2n) is 4.91. The molecule has 3 aliphatic rings. The van der Waals surface area contributed by atoms with Crippen LogP contribution >= 0.6 is 34.8 Å². The minimum absolute atomic E-state index is 0.113. The van der Waals surface area contributed by atoms with Crippen molar-refractivity contribution in [3.05, 3.63) is 32.8 Å². The van der Waals surface area contributed by atoms with Gasteiger partial charge in [0.25, 0.3) is 0 Å². The molecule has 1 radical (unpaired) electrons. The molecule has 1 aromatic rings. The van der Waals surface area contributed by atoms with Crippen LogP contribution in [0, 0.1) is 23.8 Å². The minimum Gasteiger partial charge on any atom is -0.462 e. The van der Waals surface area contributed by atoms with E-state index in [1.54, 1.807) is 0 Å². The maximum atomic E-state index is 11.9. The van der Waals surface area contributed by atoms with Gasteiger partial charge in [0.15, 0.2) is 0 Å². The van der Waals surface area contributed by atoms with Crippen molar-refractivity contribution in [2.45, 2.75) is 12.8 Å². The van der Waals surface area contributed by atoms with Gasteiger partial charge < -0.3 is 4.74 Å². The first-order valence-corrected chi connectivity index (χ1v) is 6.93. The largest absolute Gasteiger partial charge is 0.462 e. The van der Waals surface area contributed by atoms with Crippen molar-refractivity contribution in [1.29, 1.82) is 0 Å². The molecule has 0 atom stereocenters. The molecule has 3 saturated carbocycles. The first-order chi connectivity index (χ1) is 8.56. The summed E-state index contributed by atoms with van der Waals surface area (Å²) in [5, 5.41) is 0.631. The Balaban J connectivity index is 1.67. The van der Waals surface area contributed by atoms with Gasteiger partial charge in [-0.25, -0.2) is 4.79 Å². The van der Waals surface area contributed by atoms with Crippen LogP contribution in [0.3, 0.4) is 0 Å². The van der Waals surface area contributed by atoms with Crippen molar-refractivity contribution in [3.63, 3.8) is 0 Å². The first kappa shape index (κ1) is 12.6. The van der Waals surface area contributed by atoms with Crippen LogP contribution in [-0.4, -0.2) is 12.6 Å². The zero-order chi connectivity index (χ0) is 12.9. The third-order valence-electron chi connectivity index (χ3n) is 3.96. The Labute approximate surface area is 120 Å². The summed E-state index contributed by atoms with van der Waals surface area (Å²) in [6.07, 6.45) is 2.58. The Morgan fingerprint density at radius 2 is 2.00 bits per heavy atom. The molecule has 0 saturated heterocycles. The number of carbonyl (C=O) groups excluding carboxylic acids is 1. The summed E-state index contributed by atoms with van der Waals surface area (Å²) in [5.74, 6) is 1.55. The molecule has 0 N–H and O–H groups in total. The average molecular weight is 305 g/mol. The van der Waals surface area contributed by atoms with Crippen LogP contribution in [0.5, 0.6) is 0 Å². The van der Waals surface area contributed by atoms with Crippen LogP contribution in [0.1, 0.15) is 23.2 Å². The summed E-state index contributed by atoms with van der Waals surface area (Å²) in [7, 11) is 0. The number of ether oxygens (including phenoxy) is 1. The zero-order valence-electron chi connectivity index (χ0n) is 9.38. The fraction of sp³-hybridized carbons (Fsp3) is 0.462. The lowest BCUT2D eigenvalue weighted by Crippen LogP contribution is -2.52. The zero-order valence-corrected chi connectivity index (χ0v) is 11.6. The van der Waals surface area contributed by atoms with Crippen LogP contribution < -0.4 is 0 Å². The van der Waals surface area contributed by atoms with E-state index in [2.05, 4.69) is 6.07 Å². The van der Waals surface area contributed by atoms with Crippen LogP contribution in [-0.2, 0) is 4.74 Å². The third kappa shape index (κ3) is 2.01. The molecule has 0 aliphatic heterocycles. The molecular formula is C13H10Cl3O2. The molecule has 0 amide bonds. The summed E-state index contributed by atoms with van der Waals surface area (Å²) in [6.45, 7) is 0.461. The second kappa shape index (κ2) is 4.59. The molecule has 0 aromatic heterocycles. The molecule has 3 fully saturated rings. The predicted octanol–water partition coefficient (Wildman–Crippen LogP) is 4.26. The van der Waals surface area contributed by atoms with E-state index in [1.807, 2.05) is 0 Å². The van der Waals surface area contributed by atoms with E-state index in [0.717, 1.165) is 11.8 Å². The SMILES string of the molecule is O=C(OCC1C2CC1C2)c1[c]c(Cl)cc(Cl)c1Cl. The molecule has 18 heavy (non-hydrogen) atoms. The van der Waals surface area contributed by atoms with E-state index in [1.165, 1.54) is 18.9 Å². The molecular weight excluding hydrogens is 294 g/mol. The van der Waals surface area contributed by atoms with Gasteiger partial charge in [-0.15, -0.1) is 0 Å². The smallest absolute Gasteiger partial charge is 0.340 e. The maximum Gasteiger partial charge on any atom is 0.340 e. The molecule has 0 heterocycles. The monoisotopic (exact) mass is 303 g/mol. The predicted molar refractivity (Wildman–Crippen MR) is 70.3 cm³/mol. The fourth-order valence-corrected chi connectivity index (χ4v) is 3.20. The van der Waals surface area contributed by atoms with Crippen LogP contribution in [0.4, 0.5) is 0 Å². The van der Waals surface area contributed by atoms with Crippen molar-refractivity contribution in [2.24, 2.45) is 17.8 Å². The molecule has 2 nitrogen and oxygen atoms in total. The molecule has 0 spiro atoms. The molecule has 5 heteroatoms. The van der Waals surface area contributed by atoms with E-state index in [0.29, 0.717) is 12.5 Å². The van der Waals surface area contributed by atoms with Gasteiger partial charge in [-0.05, 0) is 36.7 Å². The Hall–Kier alpha value is -0.440. The van der Waals surface area contributed by atoms with Gasteiger partial charge in [-0.3, -0.25) is 0 Å². The maximum absolute atomic E-state index is 11.9. The van der Waals surface area contributed by atoms with E-state index in [-0.39, 0.29) is 20.6 Å². The lowest BCUT2D eigenvalue weighted by Gasteiger charge is -2.57. The van der Waals surface area contributed by atoms with Crippen LogP contribution in [0.15, 0.2) is 6.07 Å². The summed E-state index contributed by atoms with van der Waals surface area (Å²) in [6, 6.07) is 4.12. The quantitative estimate of drug-likeness (QED) is 0.616. The Bertz CT molecular complexity index is 501. The highest BCUT2D eigenvalue weighted by Crippen LogP contribution is 2.58. The van der Waals surface area contributed by atoms with E-state index in [4.69, 9.17) is 39.5 Å². The average Bonchev–Trinajstić information content (AvgIpc) is 2.19. The van der Waals surface area contributed by atoms with Crippen molar-refractivity contribution in [1.82, 2.24) is 0 Å². The Kier molecular flexibility index (Phi) is 3.21. The van der Waals surface area contributed by atoms with Gasteiger partial charge in [0.1, 0.15) is 0 Å². The molecule has 3 aliphatic carbocycles. The van der Waals surface area contributed by atoms with Crippen molar-refractivity contribution >= 4 is 40.8 Å². The highest BCUT2D eigenvalue weighted by molar-refractivity contribution is 6.44. The molecule has 95 valence electrons. The molecule has 1 aromatic carbocycles. The third-order valence-corrected chi connectivity index (χ3v) is 4.95. The Morgan fingerprint density at radius 3 is 2.56 bits per heavy atom. The standard InChI is InChI=1S/C13H10Cl3O2/c14-8-3-9(12(16)11(15)4-8)13(17)18-5-10-6-1-7(10)2-6/h4,6-7,10H,1-2,5H2. The van der Waals surface area contributed by atoms with Crippen LogP contribution in [0.2, 0.25) is 15.1 Å². The van der Waals surface area contributed by atoms with E-state index < -0.39 is 5.97 Å². The number of benzene rings is 1. The number of hydrogen-bond acceptors (Lipinski definition) is 2. The van der Waals surface area contributed by atoms with Gasteiger partial charge in [0.2, 0.25) is 0 Å². The number of rotatable bonds is 3. The first-order valence-electron chi connectivity index (χ1n) is 5.80. The van der Waals surface area contributed by atoms with Gasteiger partial charge >= 0.3 is 5.97 Å². The van der Waals surface area contributed by atoms with Gasteiger partial charge in [-0.1, -0.05) is 34.8 Å². The lowest BCUT2D eigenvalue weighted by atomic mass is 9.48. The topological polar surface area (TPSA) is 26.3 Å². The summed E-state index contributed by atoms with van der Waals surface area (Å²) in [4.78, 5) is 11.9. The summed E-state index contributed by atoms with van der Waals surface area (Å²) < 4.78 is 5.25. The van der Waals surface area contributed by atoms with Crippen molar-refractivity contribution in [2.75, 3.05) is 6.61 Å². The van der Waals surface area contributed by atoms with Crippen molar-refractivity contribution in [3.8, 4) is 0 Å². The lowest BCUT2D eigenvalue weighted by molar-refractivity contribution is -0.110. The van der Waals surface area contributed by atoms with Crippen molar-refractivity contribution < 1.29 is 9.53 Å². The highest BCUT2D eigenvalue weighted by Gasteiger charge is 2.52. The van der Waals surface area contributed by atoms with Gasteiger partial charge in [-0.2, -0.15) is 0 Å². The van der Waals surface area contributed by atoms with Gasteiger partial charge in [0, 0.05) is 6.07 Å². The number of halogens is 3. The second-order valence-corrected chi connectivity index (χ2v) is 6.10. The van der Waals surface area contributed by atoms with Crippen LogP contribution in [0.25, 0.3) is 0 Å². The summed E-state index contributed by atoms with van der Waals surface area (Å²) in [5.41, 5.74) is 0.113.